The van der Waals surface area contributed by atoms with Crippen LogP contribution in [0, 0.1) is 22.9 Å². The van der Waals surface area contributed by atoms with Gasteiger partial charge in [-0.25, -0.2) is 4.39 Å². The minimum absolute atomic E-state index is 0.130. The van der Waals surface area contributed by atoms with Gasteiger partial charge in [0.1, 0.15) is 11.2 Å². The van der Waals surface area contributed by atoms with Gasteiger partial charge in [-0.1, -0.05) is 24.3 Å². The number of nitrogens with zero attached hydrogens (tertiary/aromatic N) is 2. The first kappa shape index (κ1) is 21.5. The van der Waals surface area contributed by atoms with E-state index in [0.717, 1.165) is 5.56 Å². The summed E-state index contributed by atoms with van der Waals surface area (Å²) in [6, 6.07) is 17.2. The lowest BCUT2D eigenvalue weighted by Gasteiger charge is -2.25. The monoisotopic (exact) mass is 451 g/mol. The zero-order chi connectivity index (χ0) is 22.8. The average molecular weight is 451 g/mol. The number of hydrogen-bond acceptors (Lipinski definition) is 5. The van der Waals surface area contributed by atoms with E-state index in [0.29, 0.717) is 16.9 Å². The third kappa shape index (κ3) is 4.33. The molecule has 3 aromatic rings. The second-order valence-corrected chi connectivity index (χ2v) is 8.32. The van der Waals surface area contributed by atoms with E-state index in [-0.39, 0.29) is 34.1 Å². The maximum atomic E-state index is 14.1. The molecule has 3 aromatic carbocycles. The lowest BCUT2D eigenvalue weighted by Crippen LogP contribution is -2.28. The Kier molecular flexibility index (Phi) is 5.91. The fourth-order valence-corrected chi connectivity index (χ4v) is 4.58. The summed E-state index contributed by atoms with van der Waals surface area (Å²) in [6.07, 6.45) is 0. The van der Waals surface area contributed by atoms with Gasteiger partial charge in [0.25, 0.3) is 11.6 Å². The zero-order valence-corrected chi connectivity index (χ0v) is 17.8. The predicted octanol–water partition coefficient (Wildman–Crippen LogP) is 5.07. The van der Waals surface area contributed by atoms with Crippen molar-refractivity contribution >= 4 is 40.6 Å². The molecule has 1 saturated heterocycles. The van der Waals surface area contributed by atoms with Crippen molar-refractivity contribution in [1.82, 2.24) is 0 Å². The van der Waals surface area contributed by atoms with Crippen LogP contribution >= 0.6 is 11.8 Å². The quantitative estimate of drug-likeness (QED) is 0.432. The largest absolute Gasteiger partial charge is 0.322 e. The van der Waals surface area contributed by atoms with E-state index in [1.807, 2.05) is 6.07 Å². The minimum atomic E-state index is -0.561. The van der Waals surface area contributed by atoms with Crippen molar-refractivity contribution in [3.8, 4) is 0 Å². The van der Waals surface area contributed by atoms with Crippen LogP contribution in [0.15, 0.2) is 66.7 Å². The molecule has 4 rings (SSSR count). The van der Waals surface area contributed by atoms with Crippen molar-refractivity contribution in [2.75, 3.05) is 16.0 Å². The van der Waals surface area contributed by atoms with Crippen molar-refractivity contribution in [2.24, 2.45) is 0 Å². The molecule has 1 atom stereocenters. The summed E-state index contributed by atoms with van der Waals surface area (Å²) in [5.41, 5.74) is 2.20. The first-order valence-electron chi connectivity index (χ1n) is 9.69. The van der Waals surface area contributed by atoms with Crippen molar-refractivity contribution in [2.45, 2.75) is 12.3 Å². The van der Waals surface area contributed by atoms with Crippen LogP contribution in [0.25, 0.3) is 0 Å². The van der Waals surface area contributed by atoms with Crippen LogP contribution in [0.2, 0.25) is 0 Å². The first-order valence-corrected chi connectivity index (χ1v) is 10.7. The number of anilines is 2. The van der Waals surface area contributed by atoms with E-state index in [1.54, 1.807) is 42.2 Å². The van der Waals surface area contributed by atoms with Gasteiger partial charge < -0.3 is 5.32 Å². The Balaban J connectivity index is 1.58. The van der Waals surface area contributed by atoms with E-state index >= 15 is 0 Å². The van der Waals surface area contributed by atoms with Gasteiger partial charge in [0.2, 0.25) is 5.91 Å². The number of nitrogens with one attached hydrogen (secondary N) is 1. The molecule has 32 heavy (non-hydrogen) atoms. The van der Waals surface area contributed by atoms with E-state index in [4.69, 9.17) is 0 Å². The molecule has 1 aliphatic heterocycles. The van der Waals surface area contributed by atoms with Crippen LogP contribution in [0.3, 0.4) is 0 Å². The second-order valence-electron chi connectivity index (χ2n) is 7.25. The Morgan fingerprint density at radius 3 is 2.69 bits per heavy atom. The molecule has 0 bridgehead atoms. The molecule has 1 N–H and O–H groups in total. The summed E-state index contributed by atoms with van der Waals surface area (Å²) in [6.45, 7) is 1.66. The third-order valence-electron chi connectivity index (χ3n) is 5.05. The van der Waals surface area contributed by atoms with Crippen LogP contribution < -0.4 is 10.2 Å². The number of hydrogen-bond donors (Lipinski definition) is 1. The Bertz CT molecular complexity index is 1230. The molecule has 0 spiro atoms. The third-order valence-corrected chi connectivity index (χ3v) is 6.26. The number of non-ortho nitro benzene ring substituents is 1. The average Bonchev–Trinajstić information content (AvgIpc) is 3.17. The predicted molar refractivity (Wildman–Crippen MR) is 121 cm³/mol. The molecule has 7 nitrogen and oxygen atoms in total. The lowest BCUT2D eigenvalue weighted by atomic mass is 10.1. The molecule has 9 heteroatoms. The normalized spacial score (nSPS) is 15.6. The van der Waals surface area contributed by atoms with Crippen LogP contribution in [-0.2, 0) is 4.79 Å². The highest BCUT2D eigenvalue weighted by Crippen LogP contribution is 2.42. The molecule has 1 heterocycles. The summed E-state index contributed by atoms with van der Waals surface area (Å²) < 4.78 is 14.1. The number of amides is 2. The van der Waals surface area contributed by atoms with Crippen molar-refractivity contribution in [3.63, 3.8) is 0 Å². The van der Waals surface area contributed by atoms with E-state index in [9.17, 15) is 24.1 Å². The highest BCUT2D eigenvalue weighted by Gasteiger charge is 2.34. The zero-order valence-electron chi connectivity index (χ0n) is 16.9. The molecule has 2 amide bonds. The van der Waals surface area contributed by atoms with Crippen LogP contribution in [0.1, 0.15) is 26.9 Å². The van der Waals surface area contributed by atoms with Gasteiger partial charge in [0.05, 0.1) is 10.7 Å². The highest BCUT2D eigenvalue weighted by atomic mass is 32.2. The molecule has 0 aliphatic carbocycles. The Morgan fingerprint density at radius 2 is 1.94 bits per heavy atom. The molecule has 1 fully saturated rings. The van der Waals surface area contributed by atoms with Crippen molar-refractivity contribution < 1.29 is 18.9 Å². The van der Waals surface area contributed by atoms with Gasteiger partial charge in [0.15, 0.2) is 0 Å². The molecular formula is C23H18FN3O4S. The van der Waals surface area contributed by atoms with Crippen molar-refractivity contribution in [1.29, 1.82) is 0 Å². The van der Waals surface area contributed by atoms with Crippen LogP contribution in [-0.4, -0.2) is 22.5 Å². The summed E-state index contributed by atoms with van der Waals surface area (Å²) in [7, 11) is 0. The van der Waals surface area contributed by atoms with Crippen LogP contribution in [0.5, 0.6) is 0 Å². The highest BCUT2D eigenvalue weighted by molar-refractivity contribution is 8.00. The minimum Gasteiger partial charge on any atom is -0.322 e. The van der Waals surface area contributed by atoms with E-state index in [2.05, 4.69) is 5.32 Å². The Morgan fingerprint density at radius 1 is 1.16 bits per heavy atom. The fraction of sp³-hybridized carbons (Fsp3) is 0.130. The lowest BCUT2D eigenvalue weighted by molar-refractivity contribution is -0.384. The van der Waals surface area contributed by atoms with E-state index < -0.39 is 10.8 Å². The van der Waals surface area contributed by atoms with Crippen LogP contribution in [0.4, 0.5) is 21.5 Å². The molecular weight excluding hydrogens is 433 g/mol. The summed E-state index contributed by atoms with van der Waals surface area (Å²) in [4.78, 5) is 37.1. The molecule has 0 radical (unpaired) electrons. The SMILES string of the molecule is Cc1ccc(N2C(=O)CS[C@H]2c2cccc(NC(=O)c3cccc([N+](=O)[O-])c3)c2)cc1F. The standard InChI is InChI=1S/C23H18FN3O4S/c1-14-8-9-18(12-20(14)24)26-21(28)13-32-23(26)16-5-2-6-17(10-16)25-22(29)15-4-3-7-19(11-15)27(30)31/h2-12,23H,13H2,1H3,(H,25,29)/t23-/m0/s1. The Labute approximate surface area is 187 Å². The van der Waals surface area contributed by atoms with Gasteiger partial charge in [0, 0.05) is 29.1 Å². The maximum Gasteiger partial charge on any atom is 0.270 e. The smallest absolute Gasteiger partial charge is 0.270 e. The molecule has 162 valence electrons. The topological polar surface area (TPSA) is 92.6 Å². The molecule has 0 unspecified atom stereocenters. The summed E-state index contributed by atoms with van der Waals surface area (Å²) in [5, 5.41) is 13.3. The van der Waals surface area contributed by atoms with Gasteiger partial charge in [-0.05, 0) is 48.4 Å². The maximum absolute atomic E-state index is 14.1. The van der Waals surface area contributed by atoms with Gasteiger partial charge in [-0.3, -0.25) is 24.6 Å². The number of carbonyl (C=O) groups is 2. The van der Waals surface area contributed by atoms with E-state index in [1.165, 1.54) is 42.1 Å². The number of thioether (sulfide) groups is 1. The number of aryl methyl sites for hydroxylation is 1. The Hall–Kier alpha value is -3.72. The molecule has 0 saturated carbocycles. The number of benzene rings is 3. The van der Waals surface area contributed by atoms with Gasteiger partial charge >= 0.3 is 0 Å². The number of nitro benzene ring substituents is 1. The number of rotatable bonds is 5. The summed E-state index contributed by atoms with van der Waals surface area (Å²) >= 11 is 1.41. The van der Waals surface area contributed by atoms with Gasteiger partial charge in [-0.2, -0.15) is 0 Å². The molecule has 0 aromatic heterocycles. The molecule has 1 aliphatic rings. The first-order chi connectivity index (χ1) is 15.3. The van der Waals surface area contributed by atoms with Gasteiger partial charge in [-0.15, -0.1) is 11.8 Å². The summed E-state index contributed by atoms with van der Waals surface area (Å²) in [5.74, 6) is -0.749. The number of nitro groups is 1. The second kappa shape index (κ2) is 8.80. The van der Waals surface area contributed by atoms with Crippen molar-refractivity contribution in [3.05, 3.63) is 99.4 Å². The number of halogens is 1. The number of carbonyl (C=O) groups excluding carboxylic acids is 2. The fourth-order valence-electron chi connectivity index (χ4n) is 3.42.